The Balaban J connectivity index is 1.86. The molecule has 1 N–H and O–H groups in total. The summed E-state index contributed by atoms with van der Waals surface area (Å²) in [6.07, 6.45) is 8.49. The highest BCUT2D eigenvalue weighted by molar-refractivity contribution is 5.02. The van der Waals surface area contributed by atoms with Crippen LogP contribution in [0.4, 0.5) is 0 Å². The van der Waals surface area contributed by atoms with E-state index in [1.165, 1.54) is 38.5 Å². The van der Waals surface area contributed by atoms with Crippen LogP contribution in [-0.4, -0.2) is 11.7 Å². The van der Waals surface area contributed by atoms with Crippen molar-refractivity contribution in [3.8, 4) is 0 Å². The van der Waals surface area contributed by atoms with Gasteiger partial charge in [0, 0.05) is 6.61 Å². The van der Waals surface area contributed by atoms with Gasteiger partial charge in [-0.05, 0) is 29.6 Å². The summed E-state index contributed by atoms with van der Waals surface area (Å²) >= 11 is 0. The van der Waals surface area contributed by atoms with E-state index in [1.54, 1.807) is 0 Å². The normalized spacial score (nSPS) is 40.9. The van der Waals surface area contributed by atoms with E-state index in [0.29, 0.717) is 6.61 Å². The Morgan fingerprint density at radius 1 is 1.29 bits per heavy atom. The Hall–Kier alpha value is -0.0400. The molecule has 2 fully saturated rings. The monoisotopic (exact) mass is 196 g/mol. The fraction of sp³-hybridized carbons (Fsp3) is 1.00. The average molecular weight is 196 g/mol. The lowest BCUT2D eigenvalue weighted by Gasteiger charge is -2.29. The van der Waals surface area contributed by atoms with Gasteiger partial charge in [0.2, 0.25) is 0 Å². The molecule has 0 aromatic carbocycles. The predicted octanol–water partition coefficient (Wildman–Crippen LogP) is 3.22. The minimum Gasteiger partial charge on any atom is -0.396 e. The molecule has 2 aliphatic rings. The largest absolute Gasteiger partial charge is 0.396 e. The van der Waals surface area contributed by atoms with Crippen molar-refractivity contribution in [2.45, 2.75) is 52.4 Å². The highest BCUT2D eigenvalue weighted by atomic mass is 16.3. The summed E-state index contributed by atoms with van der Waals surface area (Å²) in [7, 11) is 0. The van der Waals surface area contributed by atoms with Gasteiger partial charge >= 0.3 is 0 Å². The van der Waals surface area contributed by atoms with Gasteiger partial charge in [-0.15, -0.1) is 0 Å². The second kappa shape index (κ2) is 3.84. The number of hydrogen-bond donors (Lipinski definition) is 1. The third-order valence-corrected chi connectivity index (χ3v) is 4.81. The van der Waals surface area contributed by atoms with Crippen LogP contribution in [0.15, 0.2) is 0 Å². The number of aliphatic hydroxyl groups is 1. The van der Waals surface area contributed by atoms with E-state index in [2.05, 4.69) is 13.8 Å². The van der Waals surface area contributed by atoms with Crippen molar-refractivity contribution in [2.24, 2.45) is 23.2 Å². The molecule has 2 rings (SSSR count). The first-order valence-electron chi connectivity index (χ1n) is 6.28. The molecule has 0 bridgehead atoms. The molecular weight excluding hydrogens is 172 g/mol. The van der Waals surface area contributed by atoms with Crippen molar-refractivity contribution in [3.05, 3.63) is 0 Å². The smallest absolute Gasteiger partial charge is 0.0487 e. The molecule has 1 heteroatoms. The molecule has 14 heavy (non-hydrogen) atoms. The SMILES string of the molecule is C[C@H](C1CCCCC1)[C@@H]1C[C@@]1(C)CO. The van der Waals surface area contributed by atoms with Gasteiger partial charge in [0.25, 0.3) is 0 Å². The van der Waals surface area contributed by atoms with Crippen LogP contribution in [0.25, 0.3) is 0 Å². The van der Waals surface area contributed by atoms with Gasteiger partial charge in [0.05, 0.1) is 0 Å². The molecule has 1 nitrogen and oxygen atoms in total. The first-order valence-corrected chi connectivity index (χ1v) is 6.28. The Morgan fingerprint density at radius 2 is 1.93 bits per heavy atom. The van der Waals surface area contributed by atoms with Gasteiger partial charge in [0.15, 0.2) is 0 Å². The van der Waals surface area contributed by atoms with Crippen LogP contribution in [0.5, 0.6) is 0 Å². The Kier molecular flexibility index (Phi) is 2.88. The van der Waals surface area contributed by atoms with Crippen molar-refractivity contribution >= 4 is 0 Å². The molecule has 0 amide bonds. The third-order valence-electron chi connectivity index (χ3n) is 4.81. The lowest BCUT2D eigenvalue weighted by Crippen LogP contribution is -2.20. The van der Waals surface area contributed by atoms with Crippen molar-refractivity contribution in [3.63, 3.8) is 0 Å². The zero-order valence-corrected chi connectivity index (χ0v) is 9.63. The van der Waals surface area contributed by atoms with Crippen LogP contribution in [0.2, 0.25) is 0 Å². The summed E-state index contributed by atoms with van der Waals surface area (Å²) in [4.78, 5) is 0. The standard InChI is InChI=1S/C13H24O/c1-10(11-6-4-3-5-7-11)12-8-13(12,2)9-14/h10-12,14H,3-9H2,1-2H3/t10-,12+,13+/m1/s1. The Labute approximate surface area is 87.9 Å². The first-order chi connectivity index (χ1) is 6.67. The van der Waals surface area contributed by atoms with Crippen molar-refractivity contribution in [1.82, 2.24) is 0 Å². The summed E-state index contributed by atoms with van der Waals surface area (Å²) in [5.74, 6) is 2.63. The zero-order chi connectivity index (χ0) is 10.2. The van der Waals surface area contributed by atoms with Gasteiger partial charge in [0.1, 0.15) is 0 Å². The van der Waals surface area contributed by atoms with Crippen LogP contribution >= 0.6 is 0 Å². The molecule has 3 atom stereocenters. The zero-order valence-electron chi connectivity index (χ0n) is 9.63. The molecule has 0 aliphatic heterocycles. The summed E-state index contributed by atoms with van der Waals surface area (Å²) in [5, 5.41) is 9.28. The minimum atomic E-state index is 0.289. The average Bonchev–Trinajstić information content (AvgIpc) is 2.92. The summed E-state index contributed by atoms with van der Waals surface area (Å²) in [5.41, 5.74) is 0.289. The third kappa shape index (κ3) is 1.84. The molecule has 0 radical (unpaired) electrons. The van der Waals surface area contributed by atoms with Crippen molar-refractivity contribution in [1.29, 1.82) is 0 Å². The van der Waals surface area contributed by atoms with Gasteiger partial charge in [-0.25, -0.2) is 0 Å². The first kappa shape index (κ1) is 10.5. The van der Waals surface area contributed by atoms with E-state index in [-0.39, 0.29) is 5.41 Å². The molecule has 0 heterocycles. The van der Waals surface area contributed by atoms with Gasteiger partial charge in [-0.3, -0.25) is 0 Å². The fourth-order valence-electron chi connectivity index (χ4n) is 3.43. The topological polar surface area (TPSA) is 20.2 Å². The predicted molar refractivity (Wildman–Crippen MR) is 59.0 cm³/mol. The Bertz CT molecular complexity index is 191. The number of rotatable bonds is 3. The molecule has 0 saturated heterocycles. The summed E-state index contributed by atoms with van der Waals surface area (Å²) in [6, 6.07) is 0. The maximum absolute atomic E-state index is 9.28. The van der Waals surface area contributed by atoms with Crippen molar-refractivity contribution < 1.29 is 5.11 Å². The maximum atomic E-state index is 9.28. The van der Waals surface area contributed by atoms with Crippen LogP contribution in [0.3, 0.4) is 0 Å². The van der Waals surface area contributed by atoms with E-state index in [9.17, 15) is 5.11 Å². The lowest BCUT2D eigenvalue weighted by molar-refractivity contribution is 0.170. The van der Waals surface area contributed by atoms with E-state index >= 15 is 0 Å². The molecular formula is C13H24O. The molecule has 0 unspecified atom stereocenters. The quantitative estimate of drug-likeness (QED) is 0.735. The van der Waals surface area contributed by atoms with Gasteiger partial charge in [-0.2, -0.15) is 0 Å². The molecule has 2 saturated carbocycles. The molecule has 0 spiro atoms. The maximum Gasteiger partial charge on any atom is 0.0487 e. The van der Waals surface area contributed by atoms with E-state index < -0.39 is 0 Å². The molecule has 0 aromatic heterocycles. The molecule has 2 aliphatic carbocycles. The van der Waals surface area contributed by atoms with Crippen LogP contribution in [0, 0.1) is 23.2 Å². The van der Waals surface area contributed by atoms with E-state index in [0.717, 1.165) is 17.8 Å². The van der Waals surface area contributed by atoms with Gasteiger partial charge in [-0.1, -0.05) is 46.0 Å². The van der Waals surface area contributed by atoms with Crippen LogP contribution < -0.4 is 0 Å². The molecule has 0 aromatic rings. The highest BCUT2D eigenvalue weighted by Crippen LogP contribution is 2.58. The second-order valence-corrected chi connectivity index (χ2v) is 5.88. The van der Waals surface area contributed by atoms with Crippen molar-refractivity contribution in [2.75, 3.05) is 6.61 Å². The summed E-state index contributed by atoms with van der Waals surface area (Å²) < 4.78 is 0. The second-order valence-electron chi connectivity index (χ2n) is 5.88. The van der Waals surface area contributed by atoms with E-state index in [1.807, 2.05) is 0 Å². The highest BCUT2D eigenvalue weighted by Gasteiger charge is 2.53. The van der Waals surface area contributed by atoms with Gasteiger partial charge < -0.3 is 5.11 Å². The Morgan fingerprint density at radius 3 is 2.43 bits per heavy atom. The van der Waals surface area contributed by atoms with Crippen LogP contribution in [0.1, 0.15) is 52.4 Å². The van der Waals surface area contributed by atoms with Crippen LogP contribution in [-0.2, 0) is 0 Å². The lowest BCUT2D eigenvalue weighted by atomic mass is 9.77. The molecule has 82 valence electrons. The summed E-state index contributed by atoms with van der Waals surface area (Å²) in [6.45, 7) is 5.06. The fourth-order valence-corrected chi connectivity index (χ4v) is 3.43. The van der Waals surface area contributed by atoms with E-state index in [4.69, 9.17) is 0 Å². The number of aliphatic hydroxyl groups excluding tert-OH is 1. The minimum absolute atomic E-state index is 0.289. The number of hydrogen-bond acceptors (Lipinski definition) is 1.